The van der Waals surface area contributed by atoms with Crippen molar-refractivity contribution in [1.82, 2.24) is 9.80 Å². The van der Waals surface area contributed by atoms with Crippen LogP contribution in [0, 0.1) is 0 Å². The Morgan fingerprint density at radius 2 is 1.62 bits per heavy atom. The van der Waals surface area contributed by atoms with Crippen LogP contribution < -0.4 is 4.74 Å². The highest BCUT2D eigenvalue weighted by Crippen LogP contribution is 2.21. The van der Waals surface area contributed by atoms with E-state index in [2.05, 4.69) is 29.2 Å². The van der Waals surface area contributed by atoms with Crippen molar-refractivity contribution in [1.29, 1.82) is 0 Å². The summed E-state index contributed by atoms with van der Waals surface area (Å²) in [5, 5.41) is 0. The summed E-state index contributed by atoms with van der Waals surface area (Å²) in [6.45, 7) is 3.91. The lowest BCUT2D eigenvalue weighted by atomic mass is 10.1. The fraction of sp³-hybridized carbons (Fsp3) is 0.409. The summed E-state index contributed by atoms with van der Waals surface area (Å²) in [6, 6.07) is 16.0. The number of benzene rings is 2. The summed E-state index contributed by atoms with van der Waals surface area (Å²) in [4.78, 5) is 16.3. The molecule has 4 nitrogen and oxygen atoms in total. The zero-order valence-corrected chi connectivity index (χ0v) is 15.8. The zero-order valence-electron chi connectivity index (χ0n) is 15.8. The van der Waals surface area contributed by atoms with E-state index in [-0.39, 0.29) is 5.91 Å². The van der Waals surface area contributed by atoms with Crippen molar-refractivity contribution in [2.24, 2.45) is 0 Å². The van der Waals surface area contributed by atoms with Gasteiger partial charge in [-0.2, -0.15) is 0 Å². The number of likely N-dealkylation sites (tertiary alicyclic amines) is 1. The third-order valence-electron chi connectivity index (χ3n) is 4.80. The van der Waals surface area contributed by atoms with Crippen LogP contribution in [0.1, 0.15) is 40.7 Å². The van der Waals surface area contributed by atoms with Crippen molar-refractivity contribution in [2.45, 2.75) is 32.4 Å². The van der Waals surface area contributed by atoms with Crippen LogP contribution in [0.15, 0.2) is 48.5 Å². The molecule has 0 unspecified atom stereocenters. The molecular weight excluding hydrogens is 324 g/mol. The van der Waals surface area contributed by atoms with Gasteiger partial charge < -0.3 is 9.64 Å². The molecule has 0 aromatic heterocycles. The molecular formula is C22H28N2O2. The minimum Gasteiger partial charge on any atom is -0.488 e. The Labute approximate surface area is 156 Å². The number of nitrogens with zero attached hydrogens (tertiary/aromatic N) is 2. The predicted octanol–water partition coefficient (Wildman–Crippen LogP) is 3.95. The molecule has 1 aliphatic heterocycles. The van der Waals surface area contributed by atoms with E-state index in [0.29, 0.717) is 17.9 Å². The van der Waals surface area contributed by atoms with Crippen LogP contribution in [0.25, 0.3) is 0 Å². The quantitative estimate of drug-likeness (QED) is 0.789. The summed E-state index contributed by atoms with van der Waals surface area (Å²) in [5.74, 6) is 0.584. The Balaban J connectivity index is 1.59. The van der Waals surface area contributed by atoms with Gasteiger partial charge in [0.15, 0.2) is 0 Å². The molecule has 0 bridgehead atoms. The van der Waals surface area contributed by atoms with E-state index in [1.165, 1.54) is 37.9 Å². The molecule has 2 aromatic rings. The second-order valence-electron chi connectivity index (χ2n) is 7.14. The average molecular weight is 352 g/mol. The first-order chi connectivity index (χ1) is 12.6. The van der Waals surface area contributed by atoms with Crippen LogP contribution in [0.5, 0.6) is 5.75 Å². The maximum atomic E-state index is 12.3. The van der Waals surface area contributed by atoms with E-state index in [9.17, 15) is 4.79 Å². The molecule has 2 aromatic carbocycles. The standard InChI is InChI=1S/C22H28N2O2/c1-23(2)22(25)20-8-4-5-9-21(20)26-17-19-12-10-18(11-13-19)16-24-14-6-3-7-15-24/h4-5,8-13H,3,6-7,14-17H2,1-2H3. The Kier molecular flexibility index (Phi) is 6.29. The number of rotatable bonds is 6. The van der Waals surface area contributed by atoms with Gasteiger partial charge in [-0.05, 0) is 49.2 Å². The molecule has 26 heavy (non-hydrogen) atoms. The van der Waals surface area contributed by atoms with Gasteiger partial charge in [0.25, 0.3) is 5.91 Å². The minimum absolute atomic E-state index is 0.0440. The second kappa shape index (κ2) is 8.86. The van der Waals surface area contributed by atoms with Gasteiger partial charge in [0, 0.05) is 20.6 Å². The molecule has 0 N–H and O–H groups in total. The van der Waals surface area contributed by atoms with Crippen LogP contribution >= 0.6 is 0 Å². The highest BCUT2D eigenvalue weighted by molar-refractivity contribution is 5.96. The van der Waals surface area contributed by atoms with E-state index >= 15 is 0 Å². The molecule has 138 valence electrons. The molecule has 0 atom stereocenters. The Hall–Kier alpha value is -2.33. The Bertz CT molecular complexity index is 719. The van der Waals surface area contributed by atoms with E-state index < -0.39 is 0 Å². The van der Waals surface area contributed by atoms with E-state index in [4.69, 9.17) is 4.74 Å². The van der Waals surface area contributed by atoms with Crippen molar-refractivity contribution in [3.05, 3.63) is 65.2 Å². The second-order valence-corrected chi connectivity index (χ2v) is 7.14. The predicted molar refractivity (Wildman–Crippen MR) is 104 cm³/mol. The summed E-state index contributed by atoms with van der Waals surface area (Å²) in [7, 11) is 3.50. The largest absolute Gasteiger partial charge is 0.488 e. The fourth-order valence-electron chi connectivity index (χ4n) is 3.29. The van der Waals surface area contributed by atoms with Gasteiger partial charge in [0.05, 0.1) is 5.56 Å². The topological polar surface area (TPSA) is 32.8 Å². The van der Waals surface area contributed by atoms with Crippen LogP contribution in [0.3, 0.4) is 0 Å². The van der Waals surface area contributed by atoms with Crippen LogP contribution in [0.2, 0.25) is 0 Å². The fourth-order valence-corrected chi connectivity index (χ4v) is 3.29. The molecule has 0 radical (unpaired) electrons. The first-order valence-corrected chi connectivity index (χ1v) is 9.37. The van der Waals surface area contributed by atoms with Gasteiger partial charge in [-0.3, -0.25) is 9.69 Å². The Morgan fingerprint density at radius 1 is 0.962 bits per heavy atom. The van der Waals surface area contributed by atoms with E-state index in [1.54, 1.807) is 25.1 Å². The van der Waals surface area contributed by atoms with Gasteiger partial charge in [0.1, 0.15) is 12.4 Å². The molecule has 1 heterocycles. The molecule has 4 heteroatoms. The first-order valence-electron chi connectivity index (χ1n) is 9.37. The van der Waals surface area contributed by atoms with Crippen LogP contribution in [0.4, 0.5) is 0 Å². The van der Waals surface area contributed by atoms with Crippen molar-refractivity contribution in [2.75, 3.05) is 27.2 Å². The number of carbonyl (C=O) groups is 1. The van der Waals surface area contributed by atoms with Crippen LogP contribution in [-0.2, 0) is 13.2 Å². The van der Waals surface area contributed by atoms with Crippen molar-refractivity contribution in [3.8, 4) is 5.75 Å². The van der Waals surface area contributed by atoms with Gasteiger partial charge in [0.2, 0.25) is 0 Å². The lowest BCUT2D eigenvalue weighted by Crippen LogP contribution is -2.29. The number of hydrogen-bond acceptors (Lipinski definition) is 3. The summed E-state index contributed by atoms with van der Waals surface area (Å²) < 4.78 is 5.93. The summed E-state index contributed by atoms with van der Waals surface area (Å²) in [6.07, 6.45) is 4.00. The molecule has 1 amide bonds. The lowest BCUT2D eigenvalue weighted by molar-refractivity contribution is 0.0822. The number of carbonyl (C=O) groups excluding carboxylic acids is 1. The van der Waals surface area contributed by atoms with Crippen molar-refractivity contribution in [3.63, 3.8) is 0 Å². The third-order valence-corrected chi connectivity index (χ3v) is 4.80. The smallest absolute Gasteiger partial charge is 0.257 e. The SMILES string of the molecule is CN(C)C(=O)c1ccccc1OCc1ccc(CN2CCCCC2)cc1. The average Bonchev–Trinajstić information content (AvgIpc) is 2.68. The maximum absolute atomic E-state index is 12.3. The van der Waals surface area contributed by atoms with Gasteiger partial charge >= 0.3 is 0 Å². The van der Waals surface area contributed by atoms with Gasteiger partial charge in [-0.1, -0.05) is 42.8 Å². The molecule has 1 saturated heterocycles. The number of hydrogen-bond donors (Lipinski definition) is 0. The Morgan fingerprint density at radius 3 is 2.31 bits per heavy atom. The normalized spacial score (nSPS) is 14.8. The van der Waals surface area contributed by atoms with E-state index in [0.717, 1.165) is 12.1 Å². The number of piperidine rings is 1. The summed E-state index contributed by atoms with van der Waals surface area (Å²) in [5.41, 5.74) is 3.05. The lowest BCUT2D eigenvalue weighted by Gasteiger charge is -2.26. The highest BCUT2D eigenvalue weighted by Gasteiger charge is 2.14. The molecule has 0 aliphatic carbocycles. The van der Waals surface area contributed by atoms with Gasteiger partial charge in [-0.25, -0.2) is 0 Å². The van der Waals surface area contributed by atoms with Crippen LogP contribution in [-0.4, -0.2) is 42.9 Å². The first kappa shape index (κ1) is 18.5. The van der Waals surface area contributed by atoms with Crippen molar-refractivity contribution < 1.29 is 9.53 Å². The zero-order chi connectivity index (χ0) is 18.4. The van der Waals surface area contributed by atoms with Crippen molar-refractivity contribution >= 4 is 5.91 Å². The monoisotopic (exact) mass is 352 g/mol. The molecule has 0 spiro atoms. The molecule has 1 fully saturated rings. The molecule has 3 rings (SSSR count). The summed E-state index contributed by atoms with van der Waals surface area (Å²) >= 11 is 0. The van der Waals surface area contributed by atoms with Gasteiger partial charge in [-0.15, -0.1) is 0 Å². The minimum atomic E-state index is -0.0440. The number of ether oxygens (including phenoxy) is 1. The molecule has 0 saturated carbocycles. The molecule has 1 aliphatic rings. The highest BCUT2D eigenvalue weighted by atomic mass is 16.5. The number of amides is 1. The number of para-hydroxylation sites is 1. The van der Waals surface area contributed by atoms with E-state index in [1.807, 2.05) is 18.2 Å². The third kappa shape index (κ3) is 4.85. The maximum Gasteiger partial charge on any atom is 0.257 e.